The lowest BCUT2D eigenvalue weighted by Crippen LogP contribution is -2.58. The molecule has 4 nitrogen and oxygen atoms in total. The number of hydrogen-bond acceptors (Lipinski definition) is 3. The highest BCUT2D eigenvalue weighted by Crippen LogP contribution is 2.68. The Morgan fingerprint density at radius 3 is 2.35 bits per heavy atom. The highest BCUT2D eigenvalue weighted by atomic mass is 16.3. The first kappa shape index (κ1) is 23.5. The van der Waals surface area contributed by atoms with Gasteiger partial charge in [-0.05, 0) is 118 Å². The van der Waals surface area contributed by atoms with Crippen LogP contribution in [0, 0.1) is 46.3 Å². The average molecular weight is 434 g/mol. The molecule has 4 rings (SSSR count). The van der Waals surface area contributed by atoms with Crippen LogP contribution in [-0.4, -0.2) is 34.4 Å². The first-order chi connectivity index (χ1) is 14.6. The van der Waals surface area contributed by atoms with Crippen LogP contribution in [0.1, 0.15) is 98.8 Å². The van der Waals surface area contributed by atoms with Gasteiger partial charge in [0.15, 0.2) is 0 Å². The maximum Gasteiger partial charge on any atom is 0.220 e. The third-order valence-electron chi connectivity index (χ3n) is 10.7. The fourth-order valence-electron chi connectivity index (χ4n) is 9.13. The maximum atomic E-state index is 12.2. The van der Waals surface area contributed by atoms with Crippen molar-refractivity contribution >= 4 is 5.91 Å². The van der Waals surface area contributed by atoms with Gasteiger partial charge in [-0.25, -0.2) is 0 Å². The number of aliphatic hydroxyl groups is 2. The summed E-state index contributed by atoms with van der Waals surface area (Å²) in [5.74, 6) is 3.53. The molecule has 4 fully saturated rings. The molecule has 0 heterocycles. The number of rotatable bonds is 5. The molecule has 0 radical (unpaired) electrons. The number of carbonyl (C=O) groups is 1. The highest BCUT2D eigenvalue weighted by Gasteiger charge is 2.62. The second-order valence-corrected chi connectivity index (χ2v) is 12.7. The van der Waals surface area contributed by atoms with Gasteiger partial charge in [-0.3, -0.25) is 4.79 Å². The predicted octanol–water partition coefficient (Wildman–Crippen LogP) is 4.92. The molecule has 178 valence electrons. The van der Waals surface area contributed by atoms with Gasteiger partial charge in [0.05, 0.1) is 12.2 Å². The van der Waals surface area contributed by atoms with E-state index in [9.17, 15) is 15.0 Å². The fourth-order valence-corrected chi connectivity index (χ4v) is 9.13. The topological polar surface area (TPSA) is 69.6 Å². The number of hydrogen-bond donors (Lipinski definition) is 3. The van der Waals surface area contributed by atoms with Crippen LogP contribution in [0.4, 0.5) is 0 Å². The van der Waals surface area contributed by atoms with Crippen molar-refractivity contribution in [3.8, 4) is 0 Å². The summed E-state index contributed by atoms with van der Waals surface area (Å²) in [6, 6.07) is 0.213. The van der Waals surface area contributed by atoms with Crippen LogP contribution in [0.15, 0.2) is 0 Å². The number of aliphatic hydroxyl groups excluding tert-OH is 2. The standard InChI is InChI=1S/C27H47NO3/c1-16(2)28-24(31)9-6-17(3)20-7-8-21-25-22(11-13-27(20,21)5)26(4)12-10-19(29)14-18(26)15-23(25)30/h16-23,25,29-30H,6-15H2,1-5H3,(H,28,31)/t17-,18?,19-,20-,21?,22?,23+,25?,26+,27-/m1/s1. The zero-order chi connectivity index (χ0) is 22.6. The van der Waals surface area contributed by atoms with Crippen molar-refractivity contribution in [3.63, 3.8) is 0 Å². The summed E-state index contributed by atoms with van der Waals surface area (Å²) in [6.45, 7) is 11.4. The summed E-state index contributed by atoms with van der Waals surface area (Å²) in [5.41, 5.74) is 0.594. The fraction of sp³-hybridized carbons (Fsp3) is 0.963. The van der Waals surface area contributed by atoms with E-state index in [0.29, 0.717) is 52.8 Å². The Morgan fingerprint density at radius 2 is 1.65 bits per heavy atom. The van der Waals surface area contributed by atoms with Gasteiger partial charge >= 0.3 is 0 Å². The molecule has 0 aromatic carbocycles. The molecule has 0 aliphatic heterocycles. The lowest BCUT2D eigenvalue weighted by molar-refractivity contribution is -0.174. The second-order valence-electron chi connectivity index (χ2n) is 12.7. The zero-order valence-corrected chi connectivity index (χ0v) is 20.6. The molecule has 0 spiro atoms. The van der Waals surface area contributed by atoms with Crippen LogP contribution >= 0.6 is 0 Å². The van der Waals surface area contributed by atoms with Gasteiger partial charge in [0, 0.05) is 12.5 Å². The Bertz CT molecular complexity index is 665. The SMILES string of the molecule is CC(C)NC(=O)CC[C@@H](C)[C@H]1CCC2C3C(CC[C@@]21C)[C@@]1(C)CC[C@@H](O)CC1C[C@@H]3O. The monoisotopic (exact) mass is 433 g/mol. The van der Waals surface area contributed by atoms with Crippen LogP contribution in [0.2, 0.25) is 0 Å². The molecule has 1 amide bonds. The lowest BCUT2D eigenvalue weighted by Gasteiger charge is -2.62. The first-order valence-corrected chi connectivity index (χ1v) is 13.2. The normalized spacial score (nSPS) is 47.9. The quantitative estimate of drug-likeness (QED) is 0.576. The van der Waals surface area contributed by atoms with Crippen molar-refractivity contribution in [1.29, 1.82) is 0 Å². The van der Waals surface area contributed by atoms with E-state index in [1.54, 1.807) is 0 Å². The minimum Gasteiger partial charge on any atom is -0.393 e. The van der Waals surface area contributed by atoms with E-state index in [2.05, 4.69) is 26.1 Å². The van der Waals surface area contributed by atoms with Gasteiger partial charge in [-0.1, -0.05) is 20.8 Å². The summed E-state index contributed by atoms with van der Waals surface area (Å²) < 4.78 is 0. The summed E-state index contributed by atoms with van der Waals surface area (Å²) in [5, 5.41) is 24.7. The van der Waals surface area contributed by atoms with Crippen molar-refractivity contribution in [3.05, 3.63) is 0 Å². The third kappa shape index (κ3) is 4.09. The predicted molar refractivity (Wildman–Crippen MR) is 124 cm³/mol. The van der Waals surface area contributed by atoms with Crippen molar-refractivity contribution in [2.24, 2.45) is 46.3 Å². The number of carbonyl (C=O) groups excluding carboxylic acids is 1. The average Bonchev–Trinajstić information content (AvgIpc) is 3.04. The number of amides is 1. The minimum atomic E-state index is -0.205. The van der Waals surface area contributed by atoms with E-state index in [-0.39, 0.29) is 24.2 Å². The zero-order valence-electron chi connectivity index (χ0n) is 20.6. The molecule has 4 heteroatoms. The van der Waals surface area contributed by atoms with E-state index >= 15 is 0 Å². The number of fused-ring (bicyclic) bond motifs is 5. The maximum absolute atomic E-state index is 12.2. The summed E-state index contributed by atoms with van der Waals surface area (Å²) in [6.07, 6.45) is 10.1. The van der Waals surface area contributed by atoms with Gasteiger partial charge in [-0.15, -0.1) is 0 Å². The molecular weight excluding hydrogens is 386 g/mol. The molecule has 0 saturated heterocycles. The van der Waals surface area contributed by atoms with Gasteiger partial charge in [-0.2, -0.15) is 0 Å². The van der Waals surface area contributed by atoms with E-state index in [1.165, 1.54) is 25.7 Å². The van der Waals surface area contributed by atoms with E-state index in [4.69, 9.17) is 0 Å². The largest absolute Gasteiger partial charge is 0.393 e. The summed E-state index contributed by atoms with van der Waals surface area (Å²) in [7, 11) is 0. The Balaban J connectivity index is 1.47. The van der Waals surface area contributed by atoms with Crippen molar-refractivity contribution < 1.29 is 15.0 Å². The molecule has 10 atom stereocenters. The molecule has 4 aliphatic carbocycles. The third-order valence-corrected chi connectivity index (χ3v) is 10.7. The Hall–Kier alpha value is -0.610. The molecule has 4 unspecified atom stereocenters. The van der Waals surface area contributed by atoms with Crippen LogP contribution in [0.25, 0.3) is 0 Å². The van der Waals surface area contributed by atoms with Crippen LogP contribution in [0.3, 0.4) is 0 Å². The molecular formula is C27H47NO3. The molecule has 0 bridgehead atoms. The molecule has 3 N–H and O–H groups in total. The molecule has 4 saturated carbocycles. The lowest BCUT2D eigenvalue weighted by atomic mass is 9.43. The van der Waals surface area contributed by atoms with Gasteiger partial charge in [0.2, 0.25) is 5.91 Å². The molecule has 31 heavy (non-hydrogen) atoms. The van der Waals surface area contributed by atoms with E-state index in [0.717, 1.165) is 32.1 Å². The smallest absolute Gasteiger partial charge is 0.220 e. The van der Waals surface area contributed by atoms with Crippen LogP contribution in [-0.2, 0) is 4.79 Å². The summed E-state index contributed by atoms with van der Waals surface area (Å²) >= 11 is 0. The summed E-state index contributed by atoms with van der Waals surface area (Å²) in [4.78, 5) is 12.2. The van der Waals surface area contributed by atoms with Crippen molar-refractivity contribution in [2.75, 3.05) is 0 Å². The Kier molecular flexibility index (Phi) is 6.55. The molecule has 0 aromatic heterocycles. The second kappa shape index (κ2) is 8.63. The Labute approximate surface area is 190 Å². The number of nitrogens with one attached hydrogen (secondary N) is 1. The van der Waals surface area contributed by atoms with Crippen molar-refractivity contribution in [1.82, 2.24) is 5.32 Å². The van der Waals surface area contributed by atoms with Crippen LogP contribution < -0.4 is 5.32 Å². The van der Waals surface area contributed by atoms with Crippen molar-refractivity contribution in [2.45, 2.75) is 117 Å². The Morgan fingerprint density at radius 1 is 0.968 bits per heavy atom. The van der Waals surface area contributed by atoms with Gasteiger partial charge in [0.1, 0.15) is 0 Å². The molecule has 0 aromatic rings. The minimum absolute atomic E-state index is 0.166. The highest BCUT2D eigenvalue weighted by molar-refractivity contribution is 5.76. The molecule has 4 aliphatic rings. The van der Waals surface area contributed by atoms with Crippen LogP contribution in [0.5, 0.6) is 0 Å². The van der Waals surface area contributed by atoms with E-state index < -0.39 is 0 Å². The van der Waals surface area contributed by atoms with Gasteiger partial charge < -0.3 is 15.5 Å². The first-order valence-electron chi connectivity index (χ1n) is 13.2. The van der Waals surface area contributed by atoms with E-state index in [1.807, 2.05) is 13.8 Å². The van der Waals surface area contributed by atoms with Gasteiger partial charge in [0.25, 0.3) is 0 Å².